The lowest BCUT2D eigenvalue weighted by molar-refractivity contribution is 0.710. The zero-order valence-electron chi connectivity index (χ0n) is 8.36. The van der Waals surface area contributed by atoms with Crippen LogP contribution in [-0.4, -0.2) is 8.80 Å². The molecule has 1 atom stereocenters. The second-order valence-corrected chi connectivity index (χ2v) is 9.72. The molecule has 1 heteroatoms. The predicted octanol–water partition coefficient (Wildman–Crippen LogP) is 3.44. The van der Waals surface area contributed by atoms with E-state index < -0.39 is 8.80 Å². The van der Waals surface area contributed by atoms with E-state index in [1.807, 2.05) is 0 Å². The highest BCUT2D eigenvalue weighted by molar-refractivity contribution is 6.63. The largest absolute Gasteiger partial charge is 0.0680 e. The molecule has 0 aliphatic rings. The van der Waals surface area contributed by atoms with Gasteiger partial charge in [-0.25, -0.2) is 0 Å². The van der Waals surface area contributed by atoms with Gasteiger partial charge in [-0.1, -0.05) is 53.1 Å². The van der Waals surface area contributed by atoms with E-state index in [1.165, 1.54) is 6.04 Å². The Balaban J connectivity index is 4.07. The Morgan fingerprint density at radius 3 is 1.60 bits per heavy atom. The van der Waals surface area contributed by atoms with Crippen molar-refractivity contribution in [1.82, 2.24) is 0 Å². The average Bonchev–Trinajstić information content (AvgIpc) is 1.60. The van der Waals surface area contributed by atoms with Gasteiger partial charge in [0.2, 0.25) is 0 Å². The first-order chi connectivity index (χ1) is 4.39. The minimum atomic E-state index is -0.475. The van der Waals surface area contributed by atoms with Gasteiger partial charge in [-0.05, 0) is 5.04 Å². The fraction of sp³-hybridized carbons (Fsp3) is 1.00. The number of rotatable bonds is 2. The van der Waals surface area contributed by atoms with E-state index >= 15 is 0 Å². The smallest absolute Gasteiger partial charge is 0.0445 e. The summed E-state index contributed by atoms with van der Waals surface area (Å²) in [5.74, 6) is 0. The van der Waals surface area contributed by atoms with E-state index in [0.717, 1.165) is 5.54 Å². The third kappa shape index (κ3) is 2.87. The maximum Gasteiger partial charge on any atom is 0.0445 e. The fourth-order valence-electron chi connectivity index (χ4n) is 2.08. The molecule has 0 nitrogen and oxygen atoms in total. The minimum Gasteiger partial charge on any atom is -0.0680 e. The zero-order chi connectivity index (χ0) is 8.36. The molecule has 0 aliphatic carbocycles. The molecule has 0 N–H and O–H groups in total. The molecule has 0 aromatic heterocycles. The van der Waals surface area contributed by atoms with E-state index in [-0.39, 0.29) is 0 Å². The Kier molecular flexibility index (Phi) is 3.64. The molecule has 0 bridgehead atoms. The molecule has 0 aliphatic heterocycles. The van der Waals surface area contributed by atoms with E-state index in [1.54, 1.807) is 0 Å². The monoisotopic (exact) mass is 158 g/mol. The van der Waals surface area contributed by atoms with Gasteiger partial charge in [-0.3, -0.25) is 0 Å². The van der Waals surface area contributed by atoms with Gasteiger partial charge < -0.3 is 0 Å². The van der Waals surface area contributed by atoms with Crippen LogP contribution in [0.25, 0.3) is 0 Å². The van der Waals surface area contributed by atoms with Crippen LogP contribution in [0.1, 0.15) is 41.5 Å². The van der Waals surface area contributed by atoms with E-state index in [0.29, 0.717) is 5.04 Å². The molecule has 0 saturated heterocycles. The third-order valence-corrected chi connectivity index (χ3v) is 7.07. The van der Waals surface area contributed by atoms with Crippen molar-refractivity contribution in [3.05, 3.63) is 0 Å². The minimum absolute atomic E-state index is 0.475. The van der Waals surface area contributed by atoms with Crippen molar-refractivity contribution < 1.29 is 0 Å². The zero-order valence-corrected chi connectivity index (χ0v) is 9.52. The van der Waals surface area contributed by atoms with Gasteiger partial charge in [0.05, 0.1) is 0 Å². The molecule has 10 heavy (non-hydrogen) atoms. The van der Waals surface area contributed by atoms with E-state index in [2.05, 4.69) is 41.5 Å². The van der Waals surface area contributed by atoms with Crippen LogP contribution in [0.4, 0.5) is 0 Å². The van der Waals surface area contributed by atoms with Gasteiger partial charge >= 0.3 is 0 Å². The number of hydrogen-bond acceptors (Lipinski definition) is 0. The van der Waals surface area contributed by atoms with Crippen LogP contribution in [0, 0.1) is 0 Å². The molecule has 0 rings (SSSR count). The predicted molar refractivity (Wildman–Crippen MR) is 52.4 cm³/mol. The molecule has 62 valence electrons. The van der Waals surface area contributed by atoms with Crippen LogP contribution < -0.4 is 0 Å². The molecule has 0 aromatic carbocycles. The van der Waals surface area contributed by atoms with Gasteiger partial charge in [0, 0.05) is 8.80 Å². The topological polar surface area (TPSA) is 0 Å². The lowest BCUT2D eigenvalue weighted by Gasteiger charge is -2.31. The normalized spacial score (nSPS) is 15.9. The molecule has 0 heterocycles. The molecule has 0 spiro atoms. The molecule has 0 radical (unpaired) electrons. The standard InChI is InChI=1S/C9H22Si/c1-7-10(8(2)3)9(4,5)6/h8,10H,7H2,1-6H3. The molecule has 1 unspecified atom stereocenters. The SMILES string of the molecule is CC[SiH](C(C)C)C(C)(C)C. The van der Waals surface area contributed by atoms with Crippen molar-refractivity contribution in [2.75, 3.05) is 0 Å². The van der Waals surface area contributed by atoms with Crippen molar-refractivity contribution in [2.45, 2.75) is 58.2 Å². The summed E-state index contributed by atoms with van der Waals surface area (Å²) in [6.45, 7) is 14.3. The molecule has 0 aromatic rings. The molecular formula is C9H22Si. The van der Waals surface area contributed by atoms with Crippen LogP contribution >= 0.6 is 0 Å². The van der Waals surface area contributed by atoms with Crippen LogP contribution in [0.5, 0.6) is 0 Å². The summed E-state index contributed by atoms with van der Waals surface area (Å²) in [4.78, 5) is 0. The number of hydrogen-bond donors (Lipinski definition) is 0. The first-order valence-corrected chi connectivity index (χ1v) is 6.45. The van der Waals surface area contributed by atoms with Gasteiger partial charge in [0.25, 0.3) is 0 Å². The summed E-state index contributed by atoms with van der Waals surface area (Å²) in [6, 6.07) is 1.45. The second-order valence-electron chi connectivity index (χ2n) is 4.62. The third-order valence-electron chi connectivity index (χ3n) is 2.36. The summed E-state index contributed by atoms with van der Waals surface area (Å²) in [6.07, 6.45) is 0. The highest BCUT2D eigenvalue weighted by Crippen LogP contribution is 2.35. The Hall–Kier alpha value is 0.217. The lowest BCUT2D eigenvalue weighted by Crippen LogP contribution is -2.27. The molecule has 0 amide bonds. The van der Waals surface area contributed by atoms with Gasteiger partial charge in [-0.15, -0.1) is 0 Å². The quantitative estimate of drug-likeness (QED) is 0.540. The first kappa shape index (κ1) is 10.2. The lowest BCUT2D eigenvalue weighted by atomic mass is 10.2. The fourth-order valence-corrected chi connectivity index (χ4v) is 6.25. The average molecular weight is 158 g/mol. The highest BCUT2D eigenvalue weighted by Gasteiger charge is 2.26. The Labute approximate surface area is 67.6 Å². The van der Waals surface area contributed by atoms with Crippen LogP contribution in [0.2, 0.25) is 16.6 Å². The summed E-state index contributed by atoms with van der Waals surface area (Å²) < 4.78 is 0. The Morgan fingerprint density at radius 2 is 1.60 bits per heavy atom. The first-order valence-electron chi connectivity index (χ1n) is 4.39. The summed E-state index contributed by atoms with van der Waals surface area (Å²) in [7, 11) is -0.475. The van der Waals surface area contributed by atoms with Crippen molar-refractivity contribution in [1.29, 1.82) is 0 Å². The van der Waals surface area contributed by atoms with Gasteiger partial charge in [0.1, 0.15) is 0 Å². The Morgan fingerprint density at radius 1 is 1.20 bits per heavy atom. The molecular weight excluding hydrogens is 136 g/mol. The maximum atomic E-state index is 2.40. The van der Waals surface area contributed by atoms with Gasteiger partial charge in [-0.2, -0.15) is 0 Å². The second kappa shape index (κ2) is 3.56. The van der Waals surface area contributed by atoms with Crippen molar-refractivity contribution in [2.24, 2.45) is 0 Å². The van der Waals surface area contributed by atoms with Crippen LogP contribution in [-0.2, 0) is 0 Å². The van der Waals surface area contributed by atoms with Crippen molar-refractivity contribution in [3.63, 3.8) is 0 Å². The summed E-state index contributed by atoms with van der Waals surface area (Å²) in [5, 5.41) is 0.628. The maximum absolute atomic E-state index is 2.40. The van der Waals surface area contributed by atoms with Gasteiger partial charge in [0.15, 0.2) is 0 Å². The van der Waals surface area contributed by atoms with E-state index in [9.17, 15) is 0 Å². The van der Waals surface area contributed by atoms with Crippen LogP contribution in [0.3, 0.4) is 0 Å². The van der Waals surface area contributed by atoms with Crippen molar-refractivity contribution >= 4 is 8.80 Å². The Bertz CT molecular complexity index is 89.4. The summed E-state index contributed by atoms with van der Waals surface area (Å²) >= 11 is 0. The van der Waals surface area contributed by atoms with Crippen LogP contribution in [0.15, 0.2) is 0 Å². The van der Waals surface area contributed by atoms with Crippen molar-refractivity contribution in [3.8, 4) is 0 Å². The molecule has 0 fully saturated rings. The highest BCUT2D eigenvalue weighted by atomic mass is 28.3. The molecule has 0 saturated carbocycles. The summed E-state index contributed by atoms with van der Waals surface area (Å²) in [5.41, 5.74) is 0.963. The van der Waals surface area contributed by atoms with E-state index in [4.69, 9.17) is 0 Å².